The van der Waals surface area contributed by atoms with E-state index < -0.39 is 5.54 Å². The molecule has 0 radical (unpaired) electrons. The van der Waals surface area contributed by atoms with E-state index in [9.17, 15) is 5.11 Å². The molecule has 29 heavy (non-hydrogen) atoms. The van der Waals surface area contributed by atoms with Crippen molar-refractivity contribution >= 4 is 57.1 Å². The summed E-state index contributed by atoms with van der Waals surface area (Å²) in [7, 11) is 0. The average Bonchev–Trinajstić information content (AvgIpc) is 2.90. The fourth-order valence-electron chi connectivity index (χ4n) is 4.68. The van der Waals surface area contributed by atoms with Crippen LogP contribution in [0.5, 0.6) is 5.88 Å². The maximum atomic E-state index is 11.1. The normalized spacial score (nSPS) is 20.4. The predicted octanol–water partition coefficient (Wildman–Crippen LogP) is 6.43. The molecule has 3 N–H and O–H groups in total. The Balaban J connectivity index is 2.11. The van der Waals surface area contributed by atoms with Crippen molar-refractivity contribution in [1.29, 1.82) is 0 Å². The molecule has 8 heteroatoms. The molecule has 0 aliphatic carbocycles. The first-order valence-corrected chi connectivity index (χ1v) is 10.3. The van der Waals surface area contributed by atoms with Gasteiger partial charge in [0.15, 0.2) is 5.69 Å². The minimum Gasteiger partial charge on any atom is -0.493 e. The van der Waals surface area contributed by atoms with Gasteiger partial charge >= 0.3 is 0 Å². The van der Waals surface area contributed by atoms with Gasteiger partial charge in [0.2, 0.25) is 11.0 Å². The zero-order valence-corrected chi connectivity index (χ0v) is 18.5. The number of rotatable bonds is 2. The maximum Gasteiger partial charge on any atom is 0.221 e. The molecule has 1 atom stereocenters. The van der Waals surface area contributed by atoms with Gasteiger partial charge in [-0.1, -0.05) is 42.3 Å². The molecular weight excluding hydrogens is 427 g/mol. The smallest absolute Gasteiger partial charge is 0.221 e. The Hall–Kier alpha value is -2.15. The van der Waals surface area contributed by atoms with E-state index >= 15 is 0 Å². The van der Waals surface area contributed by atoms with Gasteiger partial charge in [-0.25, -0.2) is 0 Å². The van der Waals surface area contributed by atoms with Crippen molar-refractivity contribution in [1.82, 2.24) is 4.57 Å². The maximum absolute atomic E-state index is 11.1. The molecule has 4 rings (SSSR count). The monoisotopic (exact) mass is 446 g/mol. The fourth-order valence-corrected chi connectivity index (χ4v) is 5.06. The Morgan fingerprint density at radius 2 is 1.79 bits per heavy atom. The number of aromatic hydroxyl groups is 1. The molecule has 2 aromatic carbocycles. The second-order valence-electron chi connectivity index (χ2n) is 8.22. The highest BCUT2D eigenvalue weighted by Gasteiger charge is 2.45. The van der Waals surface area contributed by atoms with Crippen LogP contribution in [0.3, 0.4) is 0 Å². The highest BCUT2D eigenvalue weighted by atomic mass is 35.5. The summed E-state index contributed by atoms with van der Waals surface area (Å²) < 4.78 is 1.90. The Morgan fingerprint density at radius 3 is 2.41 bits per heavy atom. The molecule has 3 aromatic rings. The van der Waals surface area contributed by atoms with Crippen molar-refractivity contribution < 1.29 is 5.11 Å². The first-order valence-electron chi connectivity index (χ1n) is 9.10. The van der Waals surface area contributed by atoms with Gasteiger partial charge in [-0.05, 0) is 67.9 Å². The van der Waals surface area contributed by atoms with E-state index in [0.717, 1.165) is 23.1 Å². The Labute approximate surface area is 184 Å². The molecule has 1 aromatic heterocycles. The molecule has 2 heterocycles. The van der Waals surface area contributed by atoms with Gasteiger partial charge in [0.1, 0.15) is 0 Å². The van der Waals surface area contributed by atoms with Crippen LogP contribution in [-0.4, -0.2) is 14.8 Å². The van der Waals surface area contributed by atoms with E-state index in [2.05, 4.69) is 31.0 Å². The largest absolute Gasteiger partial charge is 0.493 e. The van der Waals surface area contributed by atoms with Crippen LogP contribution < -0.4 is 5.73 Å². The molecule has 0 saturated heterocycles. The third kappa shape index (κ3) is 3.10. The Morgan fingerprint density at radius 1 is 1.14 bits per heavy atom. The number of hydrogen-bond acceptors (Lipinski definition) is 3. The summed E-state index contributed by atoms with van der Waals surface area (Å²) in [4.78, 5) is 0. The first kappa shape index (κ1) is 20.1. The van der Waals surface area contributed by atoms with Crippen LogP contribution in [0.25, 0.3) is 10.9 Å². The molecule has 150 valence electrons. The van der Waals surface area contributed by atoms with E-state index in [1.165, 1.54) is 0 Å². The van der Waals surface area contributed by atoms with Crippen LogP contribution in [-0.2, 0) is 11.0 Å². The van der Waals surface area contributed by atoms with Gasteiger partial charge in [-0.15, -0.1) is 10.2 Å². The van der Waals surface area contributed by atoms with E-state index in [-0.39, 0.29) is 16.4 Å². The number of hydrogen-bond donors (Lipinski definition) is 2. The lowest BCUT2D eigenvalue weighted by molar-refractivity contribution is 0.236. The first-order chi connectivity index (χ1) is 13.5. The van der Waals surface area contributed by atoms with Crippen molar-refractivity contribution in [2.45, 2.75) is 38.1 Å². The fraction of sp³-hybridized carbons (Fsp3) is 0.286. The number of aromatic nitrogens is 1. The Kier molecular flexibility index (Phi) is 4.64. The molecule has 0 amide bonds. The van der Waals surface area contributed by atoms with Gasteiger partial charge in [0.25, 0.3) is 0 Å². The molecular formula is C21H20Cl2N4OS. The second-order valence-corrected chi connectivity index (χ2v) is 9.51. The van der Waals surface area contributed by atoms with Gasteiger partial charge in [-0.2, -0.15) is 0 Å². The summed E-state index contributed by atoms with van der Waals surface area (Å²) >= 11 is 17.4. The number of benzene rings is 2. The number of thiocarbonyl (C=S) groups is 1. The lowest BCUT2D eigenvalue weighted by Crippen LogP contribution is -2.41. The van der Waals surface area contributed by atoms with Gasteiger partial charge in [0, 0.05) is 26.4 Å². The van der Waals surface area contributed by atoms with Crippen molar-refractivity contribution in [2.24, 2.45) is 16.0 Å². The van der Waals surface area contributed by atoms with Crippen LogP contribution in [0, 0.1) is 0 Å². The molecule has 1 aliphatic heterocycles. The molecule has 0 fully saturated rings. The van der Waals surface area contributed by atoms with Crippen molar-refractivity contribution in [3.05, 3.63) is 57.6 Å². The van der Waals surface area contributed by atoms with Gasteiger partial charge in [-0.3, -0.25) is 0 Å². The lowest BCUT2D eigenvalue weighted by Gasteiger charge is -2.45. The third-order valence-electron chi connectivity index (χ3n) is 5.69. The SMILES string of the molecule is CC1(c2ccc(Cl)cc2)CC(C)(C)n2c(O)c(N=NC(N)=S)c3cc(Cl)cc1c32. The Bertz CT molecular complexity index is 1180. The summed E-state index contributed by atoms with van der Waals surface area (Å²) in [6.45, 7) is 6.37. The van der Waals surface area contributed by atoms with E-state index in [4.69, 9.17) is 41.2 Å². The summed E-state index contributed by atoms with van der Waals surface area (Å²) in [6.07, 6.45) is 0.734. The predicted molar refractivity (Wildman–Crippen MR) is 122 cm³/mol. The zero-order valence-electron chi connectivity index (χ0n) is 16.2. The van der Waals surface area contributed by atoms with Crippen LogP contribution in [0.15, 0.2) is 46.6 Å². The van der Waals surface area contributed by atoms with Crippen molar-refractivity contribution in [2.75, 3.05) is 0 Å². The topological polar surface area (TPSA) is 75.9 Å². The molecule has 5 nitrogen and oxygen atoms in total. The summed E-state index contributed by atoms with van der Waals surface area (Å²) in [5, 5.41) is 20.8. The summed E-state index contributed by atoms with van der Waals surface area (Å²) in [6, 6.07) is 11.6. The highest BCUT2D eigenvalue weighted by molar-refractivity contribution is 7.80. The van der Waals surface area contributed by atoms with Crippen LogP contribution in [0.1, 0.15) is 38.3 Å². The minimum absolute atomic E-state index is 0.0201. The van der Waals surface area contributed by atoms with Crippen LogP contribution in [0.2, 0.25) is 10.0 Å². The van der Waals surface area contributed by atoms with E-state index in [0.29, 0.717) is 21.1 Å². The third-order valence-corrected chi connectivity index (χ3v) is 6.24. The molecule has 1 unspecified atom stereocenters. The number of azo groups is 1. The van der Waals surface area contributed by atoms with E-state index in [1.807, 2.05) is 34.9 Å². The zero-order chi connectivity index (χ0) is 21.1. The lowest BCUT2D eigenvalue weighted by atomic mass is 9.66. The van der Waals surface area contributed by atoms with Crippen LogP contribution in [0.4, 0.5) is 5.69 Å². The molecule has 1 aliphatic rings. The second kappa shape index (κ2) is 6.69. The van der Waals surface area contributed by atoms with E-state index in [1.54, 1.807) is 6.07 Å². The number of halogens is 2. The number of nitrogens with zero attached hydrogens (tertiary/aromatic N) is 3. The van der Waals surface area contributed by atoms with Gasteiger partial charge in [0.05, 0.1) is 5.52 Å². The minimum atomic E-state index is -0.408. The standard InChI is InChI=1S/C21H20Cl2N4OS/c1-20(2)10-21(3,11-4-6-12(22)7-5-11)15-9-13(23)8-14-16(25-26-19(24)29)18(28)27(20)17(14)15/h4-9,28H,10H2,1-3H3,(H2,24,29). The quantitative estimate of drug-likeness (QED) is 0.351. The van der Waals surface area contributed by atoms with Crippen molar-refractivity contribution in [3.63, 3.8) is 0 Å². The summed E-state index contributed by atoms with van der Waals surface area (Å²) in [5.41, 5.74) is 8.03. The average molecular weight is 447 g/mol. The van der Waals surface area contributed by atoms with Crippen molar-refractivity contribution in [3.8, 4) is 5.88 Å². The molecule has 0 saturated carbocycles. The number of nitrogens with two attached hydrogens (primary N) is 1. The molecule has 0 bridgehead atoms. The van der Waals surface area contributed by atoms with Crippen LogP contribution >= 0.6 is 35.4 Å². The summed E-state index contributed by atoms with van der Waals surface area (Å²) in [5.74, 6) is 0.0201. The highest BCUT2D eigenvalue weighted by Crippen LogP contribution is 2.55. The van der Waals surface area contributed by atoms with Gasteiger partial charge < -0.3 is 15.4 Å². The molecule has 0 spiro atoms.